The van der Waals surface area contributed by atoms with E-state index in [0.29, 0.717) is 16.7 Å². The van der Waals surface area contributed by atoms with Gasteiger partial charge >= 0.3 is 0 Å². The fourth-order valence-corrected chi connectivity index (χ4v) is 9.80. The molecule has 0 aromatic rings. The molecule has 200 valence electrons. The second kappa shape index (κ2) is 10.8. The lowest BCUT2D eigenvalue weighted by Gasteiger charge is -2.58. The Balaban J connectivity index is 1.13. The van der Waals surface area contributed by atoms with Gasteiger partial charge in [0.15, 0.2) is 6.29 Å². The maximum atomic E-state index is 10.3. The summed E-state index contributed by atoms with van der Waals surface area (Å²) in [6.07, 6.45) is 20.3. The molecule has 3 saturated carbocycles. The Morgan fingerprint density at radius 3 is 2.69 bits per heavy atom. The molecule has 1 heterocycles. The monoisotopic (exact) mass is 486 g/mol. The Kier molecular flexibility index (Phi) is 8.08. The smallest absolute Gasteiger partial charge is 0.157 e. The third-order valence-electron chi connectivity index (χ3n) is 11.9. The van der Waals surface area contributed by atoms with Gasteiger partial charge in [0, 0.05) is 6.61 Å². The highest BCUT2D eigenvalue weighted by Gasteiger charge is 2.59. The van der Waals surface area contributed by atoms with Crippen molar-refractivity contribution < 1.29 is 14.6 Å². The standard InChI is InChI=1S/C32H54O3/c1-22(21-35-30-10-5-6-19-34-30)8-7-9-23(2)27-13-14-28-26-12-11-24-20-25(33)15-17-31(24,3)29(26)16-18-32(27,28)4/h11,22-23,25-30,33H,5-10,12-21H2,1-4H3/t22-,23-,25+,26+,27-,28+,29+,30?,31+,32-/m1/s1. The van der Waals surface area contributed by atoms with Gasteiger partial charge in [-0.1, -0.05) is 52.2 Å². The molecule has 5 rings (SSSR count). The van der Waals surface area contributed by atoms with Gasteiger partial charge in [0.2, 0.25) is 0 Å². The van der Waals surface area contributed by atoms with Gasteiger partial charge in [0.1, 0.15) is 0 Å². The van der Waals surface area contributed by atoms with E-state index < -0.39 is 0 Å². The number of allylic oxidation sites excluding steroid dienone is 1. The number of fused-ring (bicyclic) bond motifs is 5. The molecular weight excluding hydrogens is 432 g/mol. The van der Waals surface area contributed by atoms with Crippen LogP contribution >= 0.6 is 0 Å². The molecule has 3 heteroatoms. The van der Waals surface area contributed by atoms with Gasteiger partial charge in [-0.2, -0.15) is 0 Å². The number of ether oxygens (including phenoxy) is 2. The zero-order valence-electron chi connectivity index (χ0n) is 23.3. The third kappa shape index (κ3) is 5.17. The molecule has 0 aromatic carbocycles. The van der Waals surface area contributed by atoms with Crippen LogP contribution in [0.4, 0.5) is 0 Å². The van der Waals surface area contributed by atoms with Crippen LogP contribution in [-0.4, -0.2) is 30.7 Å². The molecule has 0 amide bonds. The molecule has 5 aliphatic rings. The van der Waals surface area contributed by atoms with Gasteiger partial charge in [0.25, 0.3) is 0 Å². The van der Waals surface area contributed by atoms with Crippen molar-refractivity contribution >= 4 is 0 Å². The first-order chi connectivity index (χ1) is 16.8. The van der Waals surface area contributed by atoms with Crippen LogP contribution in [0.25, 0.3) is 0 Å². The van der Waals surface area contributed by atoms with Crippen LogP contribution < -0.4 is 0 Å². The van der Waals surface area contributed by atoms with Crippen molar-refractivity contribution in [3.8, 4) is 0 Å². The fourth-order valence-electron chi connectivity index (χ4n) is 9.80. The summed E-state index contributed by atoms with van der Waals surface area (Å²) < 4.78 is 11.8. The molecule has 0 aromatic heterocycles. The largest absolute Gasteiger partial charge is 0.393 e. The average Bonchev–Trinajstić information content (AvgIpc) is 3.21. The van der Waals surface area contributed by atoms with Crippen LogP contribution in [-0.2, 0) is 9.47 Å². The fraction of sp³-hybridized carbons (Fsp3) is 0.938. The lowest BCUT2D eigenvalue weighted by atomic mass is 9.47. The Hall–Kier alpha value is -0.380. The van der Waals surface area contributed by atoms with Crippen molar-refractivity contribution in [1.29, 1.82) is 0 Å². The minimum Gasteiger partial charge on any atom is -0.393 e. The van der Waals surface area contributed by atoms with Crippen molar-refractivity contribution in [2.45, 2.75) is 130 Å². The van der Waals surface area contributed by atoms with E-state index in [2.05, 4.69) is 33.8 Å². The van der Waals surface area contributed by atoms with E-state index in [1.807, 2.05) is 0 Å². The van der Waals surface area contributed by atoms with E-state index in [-0.39, 0.29) is 12.4 Å². The summed E-state index contributed by atoms with van der Waals surface area (Å²) in [4.78, 5) is 0. The molecule has 10 atom stereocenters. The van der Waals surface area contributed by atoms with Gasteiger partial charge in [-0.15, -0.1) is 0 Å². The molecule has 1 saturated heterocycles. The van der Waals surface area contributed by atoms with Gasteiger partial charge in [-0.05, 0) is 123 Å². The van der Waals surface area contributed by atoms with Gasteiger partial charge in [-0.25, -0.2) is 0 Å². The van der Waals surface area contributed by atoms with E-state index in [1.165, 1.54) is 70.6 Å². The van der Waals surface area contributed by atoms with E-state index in [0.717, 1.165) is 62.1 Å². The van der Waals surface area contributed by atoms with Crippen molar-refractivity contribution in [3.05, 3.63) is 11.6 Å². The maximum Gasteiger partial charge on any atom is 0.157 e. The van der Waals surface area contributed by atoms with Gasteiger partial charge in [0.05, 0.1) is 12.7 Å². The average molecular weight is 487 g/mol. The first kappa shape index (κ1) is 26.2. The SMILES string of the molecule is C[C@H](CCC[C@@H](C)[C@H]1CC[C@H]2[C@@H]3CC=C4C[C@@H](O)CC[C@]4(C)[C@H]3CC[C@]12C)COC1CCCCO1. The molecule has 0 bridgehead atoms. The third-order valence-corrected chi connectivity index (χ3v) is 11.9. The summed E-state index contributed by atoms with van der Waals surface area (Å²) in [5.41, 5.74) is 2.52. The highest BCUT2D eigenvalue weighted by atomic mass is 16.7. The second-order valence-corrected chi connectivity index (χ2v) is 14.0. The first-order valence-corrected chi connectivity index (χ1v) is 15.4. The number of hydrogen-bond acceptors (Lipinski definition) is 3. The molecule has 1 unspecified atom stereocenters. The molecule has 0 radical (unpaired) electrons. The van der Waals surface area contributed by atoms with E-state index in [1.54, 1.807) is 5.57 Å². The molecule has 1 N–H and O–H groups in total. The molecule has 3 nitrogen and oxygen atoms in total. The van der Waals surface area contributed by atoms with Crippen LogP contribution in [0.5, 0.6) is 0 Å². The van der Waals surface area contributed by atoms with Crippen molar-refractivity contribution in [2.75, 3.05) is 13.2 Å². The van der Waals surface area contributed by atoms with Crippen LogP contribution in [0.2, 0.25) is 0 Å². The molecule has 1 aliphatic heterocycles. The minimum absolute atomic E-state index is 0.0577. The topological polar surface area (TPSA) is 38.7 Å². The second-order valence-electron chi connectivity index (χ2n) is 14.0. The van der Waals surface area contributed by atoms with E-state index in [4.69, 9.17) is 9.47 Å². The number of rotatable bonds is 8. The number of hydrogen-bond donors (Lipinski definition) is 1. The highest BCUT2D eigenvalue weighted by molar-refractivity contribution is 5.25. The number of aliphatic hydroxyl groups excluding tert-OH is 1. The Morgan fingerprint density at radius 1 is 1.03 bits per heavy atom. The molecule has 4 aliphatic carbocycles. The maximum absolute atomic E-state index is 10.3. The summed E-state index contributed by atoms with van der Waals surface area (Å²) in [6, 6.07) is 0. The Morgan fingerprint density at radius 2 is 1.89 bits per heavy atom. The highest BCUT2D eigenvalue weighted by Crippen LogP contribution is 2.67. The lowest BCUT2D eigenvalue weighted by molar-refractivity contribution is -0.168. The van der Waals surface area contributed by atoms with E-state index >= 15 is 0 Å². The predicted octanol–water partition coefficient (Wildman–Crippen LogP) is 7.91. The minimum atomic E-state index is -0.0914. The molecule has 0 spiro atoms. The van der Waals surface area contributed by atoms with Crippen molar-refractivity contribution in [2.24, 2.45) is 46.3 Å². The molecular formula is C32H54O3. The van der Waals surface area contributed by atoms with Crippen LogP contribution in [0, 0.1) is 46.3 Å². The number of aliphatic hydroxyl groups is 1. The van der Waals surface area contributed by atoms with Gasteiger partial charge < -0.3 is 14.6 Å². The zero-order chi connectivity index (χ0) is 24.6. The lowest BCUT2D eigenvalue weighted by Crippen LogP contribution is -2.50. The van der Waals surface area contributed by atoms with Crippen molar-refractivity contribution in [1.82, 2.24) is 0 Å². The summed E-state index contributed by atoms with van der Waals surface area (Å²) in [7, 11) is 0. The van der Waals surface area contributed by atoms with Crippen LogP contribution in [0.1, 0.15) is 118 Å². The van der Waals surface area contributed by atoms with Crippen LogP contribution in [0.15, 0.2) is 11.6 Å². The van der Waals surface area contributed by atoms with Crippen molar-refractivity contribution in [3.63, 3.8) is 0 Å². The summed E-state index contributed by atoms with van der Waals surface area (Å²) in [5, 5.41) is 10.3. The molecule has 35 heavy (non-hydrogen) atoms. The summed E-state index contributed by atoms with van der Waals surface area (Å²) >= 11 is 0. The predicted molar refractivity (Wildman–Crippen MR) is 143 cm³/mol. The quantitative estimate of drug-likeness (QED) is 0.354. The first-order valence-electron chi connectivity index (χ1n) is 15.4. The summed E-state index contributed by atoms with van der Waals surface area (Å²) in [5.74, 6) is 5.03. The Labute approximate surface area is 215 Å². The Bertz CT molecular complexity index is 741. The van der Waals surface area contributed by atoms with Crippen LogP contribution in [0.3, 0.4) is 0 Å². The van der Waals surface area contributed by atoms with Gasteiger partial charge in [-0.3, -0.25) is 0 Å². The van der Waals surface area contributed by atoms with E-state index in [9.17, 15) is 5.11 Å². The summed E-state index contributed by atoms with van der Waals surface area (Å²) in [6.45, 7) is 11.9. The molecule has 4 fully saturated rings. The normalized spacial score (nSPS) is 45.1. The zero-order valence-corrected chi connectivity index (χ0v) is 23.3.